The highest BCUT2D eigenvalue weighted by Crippen LogP contribution is 2.23. The van der Waals surface area contributed by atoms with Crippen LogP contribution in [0.2, 0.25) is 0 Å². The number of phenolic OH excluding ortho intramolecular Hbond substituents is 1. The van der Waals surface area contributed by atoms with Gasteiger partial charge in [0.05, 0.1) is 5.56 Å². The molecule has 1 aromatic carbocycles. The summed E-state index contributed by atoms with van der Waals surface area (Å²) in [6.07, 6.45) is 0. The molecule has 0 aromatic heterocycles. The van der Waals surface area contributed by atoms with Gasteiger partial charge in [-0.2, -0.15) is 11.8 Å². The van der Waals surface area contributed by atoms with Crippen LogP contribution in [0.3, 0.4) is 0 Å². The number of nitrogens with zero attached hydrogens (tertiary/aromatic N) is 1. The third-order valence-electron chi connectivity index (χ3n) is 2.82. The number of rotatable bonds is 1. The maximum Gasteiger partial charge on any atom is 0.257 e. The van der Waals surface area contributed by atoms with Crippen molar-refractivity contribution in [1.29, 1.82) is 0 Å². The van der Waals surface area contributed by atoms with Gasteiger partial charge < -0.3 is 10.0 Å². The SMILES string of the molecule is CC1CSCCN1C(=O)c1ccc(F)cc1O. The fourth-order valence-electron chi connectivity index (χ4n) is 1.87. The molecule has 0 spiro atoms. The highest BCUT2D eigenvalue weighted by molar-refractivity contribution is 7.99. The molecule has 2 rings (SSSR count). The van der Waals surface area contributed by atoms with E-state index < -0.39 is 5.82 Å². The summed E-state index contributed by atoms with van der Waals surface area (Å²) in [5, 5.41) is 9.59. The average Bonchev–Trinajstić information content (AvgIpc) is 2.29. The lowest BCUT2D eigenvalue weighted by molar-refractivity contribution is 0.0713. The number of benzene rings is 1. The van der Waals surface area contributed by atoms with Crippen molar-refractivity contribution in [3.8, 4) is 5.75 Å². The first kappa shape index (κ1) is 12.2. The molecule has 0 saturated carbocycles. The van der Waals surface area contributed by atoms with E-state index in [2.05, 4.69) is 0 Å². The number of halogens is 1. The number of phenols is 1. The van der Waals surface area contributed by atoms with Gasteiger partial charge in [0, 0.05) is 30.2 Å². The average molecular weight is 255 g/mol. The molecule has 1 unspecified atom stereocenters. The predicted octanol–water partition coefficient (Wildman–Crippen LogP) is 2.11. The van der Waals surface area contributed by atoms with Gasteiger partial charge in [0.25, 0.3) is 5.91 Å². The van der Waals surface area contributed by atoms with E-state index >= 15 is 0 Å². The molecule has 0 radical (unpaired) electrons. The summed E-state index contributed by atoms with van der Waals surface area (Å²) in [5.41, 5.74) is 0.171. The predicted molar refractivity (Wildman–Crippen MR) is 65.9 cm³/mol. The summed E-state index contributed by atoms with van der Waals surface area (Å²) in [5.74, 6) is 0.739. The van der Waals surface area contributed by atoms with Gasteiger partial charge in [0.1, 0.15) is 11.6 Å². The maximum atomic E-state index is 12.8. The molecule has 1 N–H and O–H groups in total. The summed E-state index contributed by atoms with van der Waals surface area (Å²) in [6, 6.07) is 3.64. The molecule has 1 aliphatic rings. The number of hydrogen-bond donors (Lipinski definition) is 1. The van der Waals surface area contributed by atoms with Crippen LogP contribution in [0.25, 0.3) is 0 Å². The molecular weight excluding hydrogens is 241 g/mol. The monoisotopic (exact) mass is 255 g/mol. The Labute approximate surface area is 104 Å². The van der Waals surface area contributed by atoms with Crippen LogP contribution in [0.4, 0.5) is 4.39 Å². The van der Waals surface area contributed by atoms with E-state index in [9.17, 15) is 14.3 Å². The summed E-state index contributed by atoms with van der Waals surface area (Å²) >= 11 is 1.81. The van der Waals surface area contributed by atoms with Gasteiger partial charge in [-0.15, -0.1) is 0 Å². The van der Waals surface area contributed by atoms with Gasteiger partial charge in [0.15, 0.2) is 0 Å². The number of carbonyl (C=O) groups is 1. The lowest BCUT2D eigenvalue weighted by Gasteiger charge is -2.33. The molecular formula is C12H14FNO2S. The minimum atomic E-state index is -0.540. The lowest BCUT2D eigenvalue weighted by Crippen LogP contribution is -2.44. The molecule has 1 saturated heterocycles. The van der Waals surface area contributed by atoms with Crippen molar-refractivity contribution in [3.63, 3.8) is 0 Å². The molecule has 17 heavy (non-hydrogen) atoms. The second-order valence-corrected chi connectivity index (χ2v) is 5.23. The number of aromatic hydroxyl groups is 1. The van der Waals surface area contributed by atoms with Crippen LogP contribution in [0.1, 0.15) is 17.3 Å². The molecule has 1 amide bonds. The van der Waals surface area contributed by atoms with E-state index in [0.717, 1.165) is 17.6 Å². The van der Waals surface area contributed by atoms with Crippen LogP contribution in [-0.2, 0) is 0 Å². The van der Waals surface area contributed by atoms with E-state index in [1.807, 2.05) is 18.7 Å². The molecule has 1 aliphatic heterocycles. The Kier molecular flexibility index (Phi) is 3.57. The third-order valence-corrected chi connectivity index (χ3v) is 4.01. The van der Waals surface area contributed by atoms with Crippen molar-refractivity contribution < 1.29 is 14.3 Å². The first-order valence-corrected chi connectivity index (χ1v) is 6.62. The van der Waals surface area contributed by atoms with Crippen LogP contribution in [0.15, 0.2) is 18.2 Å². The minimum absolute atomic E-state index is 0.144. The van der Waals surface area contributed by atoms with Crippen LogP contribution in [0.5, 0.6) is 5.75 Å². The van der Waals surface area contributed by atoms with Gasteiger partial charge in [0.2, 0.25) is 0 Å². The smallest absolute Gasteiger partial charge is 0.257 e. The highest BCUT2D eigenvalue weighted by atomic mass is 32.2. The van der Waals surface area contributed by atoms with E-state index in [4.69, 9.17) is 0 Å². The van der Waals surface area contributed by atoms with Gasteiger partial charge in [-0.3, -0.25) is 4.79 Å². The van der Waals surface area contributed by atoms with Crippen molar-refractivity contribution in [2.45, 2.75) is 13.0 Å². The molecule has 1 fully saturated rings. The minimum Gasteiger partial charge on any atom is -0.507 e. The fraction of sp³-hybridized carbons (Fsp3) is 0.417. The third kappa shape index (κ3) is 2.54. The second kappa shape index (κ2) is 4.96. The molecule has 92 valence electrons. The zero-order valence-corrected chi connectivity index (χ0v) is 10.3. The van der Waals surface area contributed by atoms with E-state index in [-0.39, 0.29) is 23.3 Å². The van der Waals surface area contributed by atoms with Crippen LogP contribution in [-0.4, -0.2) is 40.0 Å². The van der Waals surface area contributed by atoms with Gasteiger partial charge in [-0.05, 0) is 19.1 Å². The van der Waals surface area contributed by atoms with Gasteiger partial charge in [-0.25, -0.2) is 4.39 Å². The zero-order chi connectivity index (χ0) is 12.4. The van der Waals surface area contributed by atoms with E-state index in [0.29, 0.717) is 6.54 Å². The molecule has 1 aromatic rings. The number of hydrogen-bond acceptors (Lipinski definition) is 3. The standard InChI is InChI=1S/C12H14FNO2S/c1-8-7-17-5-4-14(8)12(16)10-3-2-9(13)6-11(10)15/h2-3,6,8,15H,4-5,7H2,1H3. The van der Waals surface area contributed by atoms with E-state index in [1.54, 1.807) is 4.90 Å². The number of carbonyl (C=O) groups excluding carboxylic acids is 1. The summed E-state index contributed by atoms with van der Waals surface area (Å²) in [6.45, 7) is 2.64. The second-order valence-electron chi connectivity index (χ2n) is 4.08. The Bertz CT molecular complexity index is 439. The summed E-state index contributed by atoms with van der Waals surface area (Å²) < 4.78 is 12.8. The number of amides is 1. The van der Waals surface area contributed by atoms with Crippen LogP contribution in [0, 0.1) is 5.82 Å². The molecule has 1 atom stereocenters. The van der Waals surface area contributed by atoms with Crippen molar-refractivity contribution >= 4 is 17.7 Å². The Morgan fingerprint density at radius 1 is 1.59 bits per heavy atom. The van der Waals surface area contributed by atoms with Crippen molar-refractivity contribution in [2.75, 3.05) is 18.1 Å². The van der Waals surface area contributed by atoms with Gasteiger partial charge in [-0.1, -0.05) is 0 Å². The number of thioether (sulfide) groups is 1. The van der Waals surface area contributed by atoms with Gasteiger partial charge >= 0.3 is 0 Å². The normalized spacial score (nSPS) is 20.4. The Morgan fingerprint density at radius 3 is 3.00 bits per heavy atom. The Balaban J connectivity index is 2.24. The Hall–Kier alpha value is -1.23. The van der Waals surface area contributed by atoms with E-state index in [1.165, 1.54) is 12.1 Å². The molecule has 0 aliphatic carbocycles. The molecule has 3 nitrogen and oxygen atoms in total. The fourth-order valence-corrected chi connectivity index (χ4v) is 2.88. The van der Waals surface area contributed by atoms with Crippen LogP contribution < -0.4 is 0 Å². The van der Waals surface area contributed by atoms with Crippen molar-refractivity contribution in [3.05, 3.63) is 29.6 Å². The van der Waals surface area contributed by atoms with Crippen molar-refractivity contribution in [1.82, 2.24) is 4.90 Å². The first-order valence-electron chi connectivity index (χ1n) is 5.47. The quantitative estimate of drug-likeness (QED) is 0.835. The maximum absolute atomic E-state index is 12.8. The zero-order valence-electron chi connectivity index (χ0n) is 9.52. The topological polar surface area (TPSA) is 40.5 Å². The largest absolute Gasteiger partial charge is 0.507 e. The Morgan fingerprint density at radius 2 is 2.35 bits per heavy atom. The molecule has 0 bridgehead atoms. The summed E-state index contributed by atoms with van der Waals surface area (Å²) in [7, 11) is 0. The van der Waals surface area contributed by atoms with Crippen LogP contribution >= 0.6 is 11.8 Å². The first-order chi connectivity index (χ1) is 8.09. The summed E-state index contributed by atoms with van der Waals surface area (Å²) in [4.78, 5) is 13.9. The molecule has 5 heteroatoms. The highest BCUT2D eigenvalue weighted by Gasteiger charge is 2.26. The molecule has 1 heterocycles. The lowest BCUT2D eigenvalue weighted by atomic mass is 10.1. The van der Waals surface area contributed by atoms with Crippen molar-refractivity contribution in [2.24, 2.45) is 0 Å².